The summed E-state index contributed by atoms with van der Waals surface area (Å²) < 4.78 is 0. The van der Waals surface area contributed by atoms with E-state index in [-0.39, 0.29) is 5.92 Å². The van der Waals surface area contributed by atoms with Crippen LogP contribution in [-0.2, 0) is 4.79 Å². The van der Waals surface area contributed by atoms with Crippen molar-refractivity contribution < 1.29 is 15.0 Å². The Morgan fingerprint density at radius 3 is 2.50 bits per heavy atom. The molecule has 4 nitrogen and oxygen atoms in total. The number of likely N-dealkylation sites (tertiary alicyclic amines) is 1. The van der Waals surface area contributed by atoms with Crippen LogP contribution in [0.2, 0.25) is 0 Å². The largest absolute Gasteiger partial charge is 0.481 e. The Balaban J connectivity index is 1.90. The van der Waals surface area contributed by atoms with Gasteiger partial charge in [-0.1, -0.05) is 18.2 Å². The molecule has 0 saturated carbocycles. The molecule has 0 bridgehead atoms. The molecule has 1 aromatic rings. The first-order valence-corrected chi connectivity index (χ1v) is 7.17. The Morgan fingerprint density at radius 1 is 1.30 bits per heavy atom. The molecule has 1 fully saturated rings. The number of hydrogen-bond donors (Lipinski definition) is 2. The number of carboxylic acid groups (broad SMARTS) is 1. The fourth-order valence-electron chi connectivity index (χ4n) is 2.68. The summed E-state index contributed by atoms with van der Waals surface area (Å²) in [4.78, 5) is 13.1. The van der Waals surface area contributed by atoms with Gasteiger partial charge in [-0.2, -0.15) is 0 Å². The molecule has 20 heavy (non-hydrogen) atoms. The molecule has 110 valence electrons. The topological polar surface area (TPSA) is 60.8 Å². The second-order valence-electron chi connectivity index (χ2n) is 5.77. The number of hydrogen-bond acceptors (Lipinski definition) is 3. The number of carbonyl (C=O) groups is 1. The fraction of sp³-hybridized carbons (Fsp3) is 0.562. The van der Waals surface area contributed by atoms with E-state index in [1.54, 1.807) is 0 Å². The van der Waals surface area contributed by atoms with E-state index in [4.69, 9.17) is 5.11 Å². The van der Waals surface area contributed by atoms with Crippen molar-refractivity contribution in [2.75, 3.05) is 19.6 Å². The number of aliphatic hydroxyl groups is 1. The van der Waals surface area contributed by atoms with Crippen LogP contribution >= 0.6 is 0 Å². The van der Waals surface area contributed by atoms with Crippen LogP contribution < -0.4 is 0 Å². The van der Waals surface area contributed by atoms with Crippen LogP contribution in [0.5, 0.6) is 0 Å². The summed E-state index contributed by atoms with van der Waals surface area (Å²) in [6.07, 6.45) is 0.847. The van der Waals surface area contributed by atoms with Crippen LogP contribution in [0.15, 0.2) is 18.2 Å². The van der Waals surface area contributed by atoms with E-state index < -0.39 is 12.1 Å². The van der Waals surface area contributed by atoms with Gasteiger partial charge in [-0.3, -0.25) is 4.79 Å². The van der Waals surface area contributed by atoms with Gasteiger partial charge in [0.1, 0.15) is 0 Å². The molecule has 2 rings (SSSR count). The highest BCUT2D eigenvalue weighted by atomic mass is 16.4. The molecule has 1 atom stereocenters. The number of aryl methyl sites for hydroxylation is 2. The lowest BCUT2D eigenvalue weighted by molar-refractivity contribution is -0.143. The Kier molecular flexibility index (Phi) is 4.78. The zero-order chi connectivity index (χ0) is 14.7. The van der Waals surface area contributed by atoms with Crippen LogP contribution in [0, 0.1) is 19.8 Å². The van der Waals surface area contributed by atoms with Crippen LogP contribution in [-0.4, -0.2) is 40.7 Å². The van der Waals surface area contributed by atoms with Gasteiger partial charge in [-0.15, -0.1) is 0 Å². The predicted molar refractivity (Wildman–Crippen MR) is 77.7 cm³/mol. The number of piperidine rings is 1. The SMILES string of the molecule is Cc1ccc(C(O)CN2CCC(C(=O)O)CC2)cc1C. The van der Waals surface area contributed by atoms with Gasteiger partial charge < -0.3 is 15.1 Å². The van der Waals surface area contributed by atoms with Crippen LogP contribution in [0.4, 0.5) is 0 Å². The van der Waals surface area contributed by atoms with Crippen LogP contribution in [0.25, 0.3) is 0 Å². The Morgan fingerprint density at radius 2 is 1.95 bits per heavy atom. The first kappa shape index (κ1) is 15.0. The highest BCUT2D eigenvalue weighted by molar-refractivity contribution is 5.70. The summed E-state index contributed by atoms with van der Waals surface area (Å²) >= 11 is 0. The van der Waals surface area contributed by atoms with E-state index in [2.05, 4.69) is 11.8 Å². The van der Waals surface area contributed by atoms with Gasteiger partial charge in [-0.05, 0) is 56.5 Å². The van der Waals surface area contributed by atoms with Crippen molar-refractivity contribution in [3.05, 3.63) is 34.9 Å². The lowest BCUT2D eigenvalue weighted by Crippen LogP contribution is -2.38. The number of rotatable bonds is 4. The number of benzene rings is 1. The van der Waals surface area contributed by atoms with Gasteiger partial charge in [0.25, 0.3) is 0 Å². The van der Waals surface area contributed by atoms with E-state index in [1.165, 1.54) is 11.1 Å². The molecule has 1 unspecified atom stereocenters. The van der Waals surface area contributed by atoms with Crippen molar-refractivity contribution in [1.82, 2.24) is 4.90 Å². The Labute approximate surface area is 120 Å². The fourth-order valence-corrected chi connectivity index (χ4v) is 2.68. The van der Waals surface area contributed by atoms with Crippen molar-refractivity contribution in [2.24, 2.45) is 5.92 Å². The van der Waals surface area contributed by atoms with Crippen molar-refractivity contribution in [1.29, 1.82) is 0 Å². The van der Waals surface area contributed by atoms with Gasteiger partial charge in [0, 0.05) is 6.54 Å². The van der Waals surface area contributed by atoms with E-state index in [0.29, 0.717) is 19.4 Å². The number of aliphatic hydroxyl groups excluding tert-OH is 1. The Bertz CT molecular complexity index is 479. The number of β-amino-alcohol motifs (C(OH)–C–C–N with tert-alkyl or cyclic N) is 1. The zero-order valence-corrected chi connectivity index (χ0v) is 12.2. The zero-order valence-electron chi connectivity index (χ0n) is 12.2. The molecular formula is C16H23NO3. The standard InChI is InChI=1S/C16H23NO3/c1-11-3-4-14(9-12(11)2)15(18)10-17-7-5-13(6-8-17)16(19)20/h3-4,9,13,15,18H,5-8,10H2,1-2H3,(H,19,20). The van der Waals surface area contributed by atoms with Crippen LogP contribution in [0.1, 0.15) is 35.6 Å². The van der Waals surface area contributed by atoms with Crippen LogP contribution in [0.3, 0.4) is 0 Å². The van der Waals surface area contributed by atoms with Gasteiger partial charge in [0.05, 0.1) is 12.0 Å². The molecule has 1 aromatic carbocycles. The third kappa shape index (κ3) is 3.58. The second-order valence-corrected chi connectivity index (χ2v) is 5.77. The van der Waals surface area contributed by atoms with E-state index in [1.807, 2.05) is 25.1 Å². The first-order valence-electron chi connectivity index (χ1n) is 7.17. The van der Waals surface area contributed by atoms with Crippen molar-refractivity contribution >= 4 is 5.97 Å². The first-order chi connectivity index (χ1) is 9.47. The maximum atomic E-state index is 10.9. The normalized spacial score (nSPS) is 18.9. The maximum absolute atomic E-state index is 10.9. The minimum absolute atomic E-state index is 0.218. The minimum Gasteiger partial charge on any atom is -0.481 e. The second kappa shape index (κ2) is 6.37. The maximum Gasteiger partial charge on any atom is 0.306 e. The number of nitrogens with zero attached hydrogens (tertiary/aromatic N) is 1. The lowest BCUT2D eigenvalue weighted by Gasteiger charge is -2.31. The van der Waals surface area contributed by atoms with Crippen molar-refractivity contribution in [2.45, 2.75) is 32.8 Å². The summed E-state index contributed by atoms with van der Waals surface area (Å²) in [5, 5.41) is 19.3. The summed E-state index contributed by atoms with van der Waals surface area (Å²) in [5.41, 5.74) is 3.35. The molecule has 0 amide bonds. The molecule has 1 saturated heterocycles. The average molecular weight is 277 g/mol. The van der Waals surface area contributed by atoms with Gasteiger partial charge >= 0.3 is 5.97 Å². The number of carboxylic acids is 1. The summed E-state index contributed by atoms with van der Waals surface area (Å²) in [6, 6.07) is 6.03. The minimum atomic E-state index is -0.695. The van der Waals surface area contributed by atoms with E-state index >= 15 is 0 Å². The predicted octanol–water partition coefficient (Wildman–Crippen LogP) is 2.13. The molecule has 4 heteroatoms. The highest BCUT2D eigenvalue weighted by Gasteiger charge is 2.25. The summed E-state index contributed by atoms with van der Waals surface area (Å²) in [6.45, 7) is 6.18. The molecule has 1 aliphatic heterocycles. The van der Waals surface area contributed by atoms with E-state index in [9.17, 15) is 9.90 Å². The van der Waals surface area contributed by atoms with Crippen molar-refractivity contribution in [3.8, 4) is 0 Å². The Hall–Kier alpha value is -1.39. The molecule has 2 N–H and O–H groups in total. The smallest absolute Gasteiger partial charge is 0.306 e. The van der Waals surface area contributed by atoms with Gasteiger partial charge in [0.15, 0.2) is 0 Å². The third-order valence-electron chi connectivity index (χ3n) is 4.28. The monoisotopic (exact) mass is 277 g/mol. The van der Waals surface area contributed by atoms with Gasteiger partial charge in [0.2, 0.25) is 0 Å². The number of aliphatic carboxylic acids is 1. The lowest BCUT2D eigenvalue weighted by atomic mass is 9.96. The van der Waals surface area contributed by atoms with Gasteiger partial charge in [-0.25, -0.2) is 0 Å². The molecule has 0 spiro atoms. The molecule has 1 heterocycles. The van der Waals surface area contributed by atoms with Crippen molar-refractivity contribution in [3.63, 3.8) is 0 Å². The molecule has 0 aliphatic carbocycles. The third-order valence-corrected chi connectivity index (χ3v) is 4.28. The molecule has 1 aliphatic rings. The summed E-state index contributed by atoms with van der Waals surface area (Å²) in [5.74, 6) is -0.913. The molecular weight excluding hydrogens is 254 g/mol. The van der Waals surface area contributed by atoms with E-state index in [0.717, 1.165) is 18.7 Å². The molecule has 0 aromatic heterocycles. The average Bonchev–Trinajstić information content (AvgIpc) is 2.42. The highest BCUT2D eigenvalue weighted by Crippen LogP contribution is 2.22. The quantitative estimate of drug-likeness (QED) is 0.885. The molecule has 0 radical (unpaired) electrons. The summed E-state index contributed by atoms with van der Waals surface area (Å²) in [7, 11) is 0.